The van der Waals surface area contributed by atoms with Gasteiger partial charge in [0.15, 0.2) is 0 Å². The van der Waals surface area contributed by atoms with Crippen LogP contribution in [0.4, 0.5) is 0 Å². The van der Waals surface area contributed by atoms with Crippen molar-refractivity contribution in [2.45, 2.75) is 0 Å². The van der Waals surface area contributed by atoms with E-state index >= 15 is 0 Å². The second kappa shape index (κ2) is 4.35. The lowest BCUT2D eigenvalue weighted by atomic mass is 10.1. The fraction of sp³-hybridized carbons (Fsp3) is 0.0833. The smallest absolute Gasteiger partial charge is 0.125 e. The molecule has 3 nitrogen and oxygen atoms in total. The van der Waals surface area contributed by atoms with E-state index in [4.69, 9.17) is 5.26 Å². The van der Waals surface area contributed by atoms with E-state index in [-0.39, 0.29) is 0 Å². The molecule has 3 N–H and O–H groups in total. The number of thiophene rings is 1. The molecule has 80 valence electrons. The maximum Gasteiger partial charge on any atom is 0.125 e. The highest BCUT2D eigenvalue weighted by molar-refractivity contribution is 7.18. The molecule has 0 aliphatic carbocycles. The van der Waals surface area contributed by atoms with Crippen LogP contribution >= 0.6 is 11.3 Å². The summed E-state index contributed by atoms with van der Waals surface area (Å²) in [5.74, 6) is 0. The lowest BCUT2D eigenvalue weighted by Crippen LogP contribution is -1.71. The molecule has 0 fully saturated rings. The van der Waals surface area contributed by atoms with Gasteiger partial charge in [0.25, 0.3) is 0 Å². The van der Waals surface area contributed by atoms with Crippen molar-refractivity contribution in [2.24, 2.45) is 5.73 Å². The largest absolute Gasteiger partial charge is 0.352 e. The number of benzene rings is 1. The number of H-pyrrole nitrogens is 1. The number of nitrogens with one attached hydrogen (secondary N) is 1. The Balaban J connectivity index is 0.000000457. The molecule has 3 aromatic rings. The van der Waals surface area contributed by atoms with Gasteiger partial charge in [-0.05, 0) is 23.9 Å². The molecule has 0 aliphatic rings. The highest BCUT2D eigenvalue weighted by Gasteiger charge is 2.06. The number of fused-ring (bicyclic) bond motifs is 3. The molecule has 4 heteroatoms. The van der Waals surface area contributed by atoms with Crippen molar-refractivity contribution in [3.8, 4) is 6.07 Å². The number of hydrogen-bond acceptors (Lipinski definition) is 3. The molecule has 2 aromatic heterocycles. The summed E-state index contributed by atoms with van der Waals surface area (Å²) in [6.45, 7) is 0. The van der Waals surface area contributed by atoms with Gasteiger partial charge in [-0.2, -0.15) is 5.26 Å². The summed E-state index contributed by atoms with van der Waals surface area (Å²) in [5.41, 5.74) is 5.15. The normalized spacial score (nSPS) is 9.81. The summed E-state index contributed by atoms with van der Waals surface area (Å²) in [4.78, 5) is 2.99. The molecule has 0 aliphatic heterocycles. The van der Waals surface area contributed by atoms with Crippen molar-refractivity contribution in [3.05, 3.63) is 35.5 Å². The average Bonchev–Trinajstić information content (AvgIpc) is 2.96. The lowest BCUT2D eigenvalue weighted by molar-refractivity contribution is 1.35. The molecule has 0 saturated carbocycles. The van der Waals surface area contributed by atoms with Crippen molar-refractivity contribution in [1.82, 2.24) is 4.98 Å². The molecule has 1 aromatic carbocycles. The van der Waals surface area contributed by atoms with E-state index in [0.717, 1.165) is 10.8 Å². The molecule has 0 unspecified atom stereocenters. The Labute approximate surface area is 97.1 Å². The van der Waals surface area contributed by atoms with Crippen LogP contribution in [0.3, 0.4) is 0 Å². The number of nitrogens with two attached hydrogens (primary N) is 1. The molecule has 0 radical (unpaired) electrons. The first kappa shape index (κ1) is 10.7. The maximum atomic E-state index is 8.87. The predicted molar refractivity (Wildman–Crippen MR) is 68.5 cm³/mol. The third kappa shape index (κ3) is 1.47. The zero-order chi connectivity index (χ0) is 11.5. The van der Waals surface area contributed by atoms with Gasteiger partial charge in [0.2, 0.25) is 0 Å². The van der Waals surface area contributed by atoms with E-state index in [1.165, 1.54) is 17.1 Å². The predicted octanol–water partition coefficient (Wildman–Crippen LogP) is 2.83. The van der Waals surface area contributed by atoms with Gasteiger partial charge in [0.1, 0.15) is 11.8 Å². The van der Waals surface area contributed by atoms with Crippen molar-refractivity contribution in [3.63, 3.8) is 0 Å². The fourth-order valence-electron chi connectivity index (χ4n) is 1.73. The van der Waals surface area contributed by atoms with E-state index in [1.54, 1.807) is 11.3 Å². The van der Waals surface area contributed by atoms with Gasteiger partial charge in [0, 0.05) is 21.7 Å². The number of aromatic nitrogens is 1. The lowest BCUT2D eigenvalue weighted by Gasteiger charge is -1.91. The average molecular weight is 229 g/mol. The van der Waals surface area contributed by atoms with Gasteiger partial charge < -0.3 is 10.7 Å². The van der Waals surface area contributed by atoms with Crippen LogP contribution in [0, 0.1) is 11.3 Å². The first-order valence-corrected chi connectivity index (χ1v) is 5.73. The van der Waals surface area contributed by atoms with Gasteiger partial charge in [-0.1, -0.05) is 12.1 Å². The summed E-state index contributed by atoms with van der Waals surface area (Å²) in [7, 11) is 1.50. The maximum absolute atomic E-state index is 8.87. The third-order valence-corrected chi connectivity index (χ3v) is 3.37. The van der Waals surface area contributed by atoms with Crippen molar-refractivity contribution >= 4 is 32.2 Å². The zero-order valence-corrected chi connectivity index (χ0v) is 9.64. The Kier molecular flexibility index (Phi) is 2.91. The van der Waals surface area contributed by atoms with Gasteiger partial charge in [0.05, 0.1) is 0 Å². The second-order valence-corrected chi connectivity index (χ2v) is 4.06. The van der Waals surface area contributed by atoms with Gasteiger partial charge >= 0.3 is 0 Å². The highest BCUT2D eigenvalue weighted by Crippen LogP contribution is 2.30. The molecule has 2 heterocycles. The summed E-state index contributed by atoms with van der Waals surface area (Å²) in [6.07, 6.45) is 1.91. The Hall–Kier alpha value is -1.83. The Bertz CT molecular complexity index is 658. The minimum atomic E-state index is 0.648. The number of nitrogens with zero attached hydrogens (tertiary/aromatic N) is 1. The molecule has 0 atom stereocenters. The van der Waals surface area contributed by atoms with E-state index in [2.05, 4.69) is 34.3 Å². The van der Waals surface area contributed by atoms with E-state index in [1.807, 2.05) is 12.3 Å². The quantitative estimate of drug-likeness (QED) is 0.622. The Morgan fingerprint density at radius 1 is 1.25 bits per heavy atom. The minimum absolute atomic E-state index is 0.648. The molecular formula is C12H11N3S. The molecular weight excluding hydrogens is 218 g/mol. The molecule has 0 bridgehead atoms. The zero-order valence-electron chi connectivity index (χ0n) is 8.82. The number of rotatable bonds is 0. The van der Waals surface area contributed by atoms with Crippen LogP contribution in [0.1, 0.15) is 5.69 Å². The van der Waals surface area contributed by atoms with Crippen molar-refractivity contribution in [1.29, 1.82) is 5.26 Å². The topological polar surface area (TPSA) is 65.6 Å². The first-order valence-electron chi connectivity index (χ1n) is 4.85. The standard InChI is InChI=1S/C11H6N2S.CH5N/c12-5-10-8-2-1-7-3-4-14-11(7)9(8)6-13-10;1-2/h1-4,6,13H;2H2,1H3. The van der Waals surface area contributed by atoms with Crippen LogP contribution in [0.2, 0.25) is 0 Å². The van der Waals surface area contributed by atoms with Gasteiger partial charge in [-0.3, -0.25) is 0 Å². The van der Waals surface area contributed by atoms with Gasteiger partial charge in [-0.25, -0.2) is 0 Å². The summed E-state index contributed by atoms with van der Waals surface area (Å²) in [6, 6.07) is 8.31. The Morgan fingerprint density at radius 2 is 2.06 bits per heavy atom. The van der Waals surface area contributed by atoms with Crippen molar-refractivity contribution in [2.75, 3.05) is 7.05 Å². The molecule has 0 amide bonds. The van der Waals surface area contributed by atoms with Gasteiger partial charge in [-0.15, -0.1) is 11.3 Å². The van der Waals surface area contributed by atoms with Crippen LogP contribution in [-0.4, -0.2) is 12.0 Å². The monoisotopic (exact) mass is 229 g/mol. The molecule has 16 heavy (non-hydrogen) atoms. The molecule has 0 spiro atoms. The van der Waals surface area contributed by atoms with Crippen molar-refractivity contribution < 1.29 is 0 Å². The van der Waals surface area contributed by atoms with Crippen LogP contribution in [0.25, 0.3) is 20.9 Å². The summed E-state index contributed by atoms with van der Waals surface area (Å²) >= 11 is 1.71. The third-order valence-electron chi connectivity index (χ3n) is 2.40. The van der Waals surface area contributed by atoms with Crippen LogP contribution in [0.15, 0.2) is 29.8 Å². The SMILES string of the molecule is CN.N#Cc1[nH]cc2c1ccc1ccsc12. The number of nitriles is 1. The Morgan fingerprint density at radius 3 is 2.81 bits per heavy atom. The molecule has 0 saturated heterocycles. The fourth-order valence-corrected chi connectivity index (χ4v) is 2.65. The minimum Gasteiger partial charge on any atom is -0.352 e. The second-order valence-electron chi connectivity index (χ2n) is 3.14. The van der Waals surface area contributed by atoms with E-state index in [9.17, 15) is 0 Å². The highest BCUT2D eigenvalue weighted by atomic mass is 32.1. The number of hydrogen-bond donors (Lipinski definition) is 2. The van der Waals surface area contributed by atoms with Crippen LogP contribution in [0.5, 0.6) is 0 Å². The number of aromatic amines is 1. The summed E-state index contributed by atoms with van der Waals surface area (Å²) < 4.78 is 1.25. The molecule has 3 rings (SSSR count). The van der Waals surface area contributed by atoms with E-state index in [0.29, 0.717) is 5.69 Å². The first-order chi connectivity index (χ1) is 7.90. The van der Waals surface area contributed by atoms with Crippen LogP contribution < -0.4 is 5.73 Å². The van der Waals surface area contributed by atoms with E-state index < -0.39 is 0 Å². The van der Waals surface area contributed by atoms with Crippen LogP contribution in [-0.2, 0) is 0 Å². The summed E-state index contributed by atoms with van der Waals surface area (Å²) in [5, 5.41) is 14.3.